The maximum absolute atomic E-state index is 12.8. The second kappa shape index (κ2) is 10.9. The molecule has 9 nitrogen and oxygen atoms in total. The van der Waals surface area contributed by atoms with Gasteiger partial charge in [-0.15, -0.1) is 0 Å². The van der Waals surface area contributed by atoms with Crippen molar-refractivity contribution in [2.75, 3.05) is 0 Å². The molecule has 0 aromatic heterocycles. The zero-order valence-corrected chi connectivity index (χ0v) is 18.2. The summed E-state index contributed by atoms with van der Waals surface area (Å²) in [5.74, 6) is -1.82. The predicted octanol–water partition coefficient (Wildman–Crippen LogP) is 1.06. The molecule has 162 valence electrons. The molecular formula is C19H36N4O5. The smallest absolute Gasteiger partial charge is 0.408 e. The number of hydrogen-bond acceptors (Lipinski definition) is 5. The van der Waals surface area contributed by atoms with Crippen LogP contribution in [0.25, 0.3) is 0 Å². The zero-order chi connectivity index (χ0) is 22.2. The van der Waals surface area contributed by atoms with Gasteiger partial charge in [0.25, 0.3) is 0 Å². The Hall–Kier alpha value is -2.32. The summed E-state index contributed by atoms with van der Waals surface area (Å²) in [4.78, 5) is 48.5. The highest BCUT2D eigenvalue weighted by Gasteiger charge is 2.31. The second-order valence-electron chi connectivity index (χ2n) is 8.69. The fraction of sp³-hybridized carbons (Fsp3) is 0.789. The van der Waals surface area contributed by atoms with Crippen LogP contribution in [0.1, 0.15) is 61.8 Å². The van der Waals surface area contributed by atoms with E-state index in [0.717, 1.165) is 0 Å². The standard InChI is InChI=1S/C19H36N4O5/c1-10(2)9-13(22-18(27)28-19(6,7)8)16(25)23-14(11(3)4)17(26)21-12(5)15(20)24/h10-14H,9H2,1-8H3,(H2,20,24)(H,21,26)(H,22,27)(H,23,25)/t12-,13+,14-/m1/s1. The second-order valence-corrected chi connectivity index (χ2v) is 8.69. The van der Waals surface area contributed by atoms with Crippen molar-refractivity contribution in [1.82, 2.24) is 16.0 Å². The van der Waals surface area contributed by atoms with Crippen LogP contribution < -0.4 is 21.7 Å². The lowest BCUT2D eigenvalue weighted by Crippen LogP contribution is -2.57. The summed E-state index contributed by atoms with van der Waals surface area (Å²) in [7, 11) is 0. The third kappa shape index (κ3) is 10.1. The summed E-state index contributed by atoms with van der Waals surface area (Å²) in [6.45, 7) is 14.0. The maximum Gasteiger partial charge on any atom is 0.408 e. The van der Waals surface area contributed by atoms with Crippen molar-refractivity contribution in [2.45, 2.75) is 85.5 Å². The number of hydrogen-bond donors (Lipinski definition) is 4. The molecule has 0 aromatic rings. The molecule has 3 atom stereocenters. The summed E-state index contributed by atoms with van der Waals surface area (Å²) >= 11 is 0. The van der Waals surface area contributed by atoms with E-state index in [9.17, 15) is 19.2 Å². The first-order chi connectivity index (χ1) is 12.6. The molecule has 0 heterocycles. The van der Waals surface area contributed by atoms with Gasteiger partial charge >= 0.3 is 6.09 Å². The Morgan fingerprint density at radius 2 is 1.43 bits per heavy atom. The van der Waals surface area contributed by atoms with E-state index in [-0.39, 0.29) is 11.8 Å². The molecule has 0 aromatic carbocycles. The van der Waals surface area contributed by atoms with Crippen LogP contribution in [0.5, 0.6) is 0 Å². The number of ether oxygens (including phenoxy) is 1. The van der Waals surface area contributed by atoms with Crippen LogP contribution in [0.15, 0.2) is 0 Å². The van der Waals surface area contributed by atoms with E-state index in [1.807, 2.05) is 13.8 Å². The molecule has 0 aliphatic rings. The largest absolute Gasteiger partial charge is 0.444 e. The van der Waals surface area contributed by atoms with Crippen molar-refractivity contribution >= 4 is 23.8 Å². The van der Waals surface area contributed by atoms with Gasteiger partial charge < -0.3 is 26.4 Å². The lowest BCUT2D eigenvalue weighted by molar-refractivity contribution is -0.132. The molecular weight excluding hydrogens is 364 g/mol. The highest BCUT2D eigenvalue weighted by atomic mass is 16.6. The number of rotatable bonds is 9. The fourth-order valence-electron chi connectivity index (χ4n) is 2.32. The zero-order valence-electron chi connectivity index (χ0n) is 18.2. The molecule has 28 heavy (non-hydrogen) atoms. The first kappa shape index (κ1) is 25.7. The normalized spacial score (nSPS) is 14.8. The molecule has 4 amide bonds. The number of carbonyl (C=O) groups excluding carboxylic acids is 4. The Morgan fingerprint density at radius 3 is 1.82 bits per heavy atom. The number of nitrogens with one attached hydrogen (secondary N) is 3. The van der Waals surface area contributed by atoms with Gasteiger partial charge in [-0.05, 0) is 46.0 Å². The molecule has 0 saturated carbocycles. The molecule has 0 aliphatic carbocycles. The Bertz CT molecular complexity index is 569. The first-order valence-corrected chi connectivity index (χ1v) is 9.53. The van der Waals surface area contributed by atoms with Crippen LogP contribution in [0.2, 0.25) is 0 Å². The average Bonchev–Trinajstić information content (AvgIpc) is 2.48. The predicted molar refractivity (Wildman–Crippen MR) is 106 cm³/mol. The molecule has 0 rings (SSSR count). The van der Waals surface area contributed by atoms with E-state index in [4.69, 9.17) is 10.5 Å². The van der Waals surface area contributed by atoms with E-state index in [0.29, 0.717) is 6.42 Å². The van der Waals surface area contributed by atoms with E-state index >= 15 is 0 Å². The highest BCUT2D eigenvalue weighted by Crippen LogP contribution is 2.11. The first-order valence-electron chi connectivity index (χ1n) is 9.53. The highest BCUT2D eigenvalue weighted by molar-refractivity contribution is 5.93. The van der Waals surface area contributed by atoms with Gasteiger partial charge in [-0.3, -0.25) is 14.4 Å². The van der Waals surface area contributed by atoms with Crippen molar-refractivity contribution < 1.29 is 23.9 Å². The molecule has 0 unspecified atom stereocenters. The van der Waals surface area contributed by atoms with E-state index < -0.39 is 47.5 Å². The lowest BCUT2D eigenvalue weighted by Gasteiger charge is -2.27. The average molecular weight is 401 g/mol. The maximum atomic E-state index is 12.8. The van der Waals surface area contributed by atoms with Crippen LogP contribution in [0, 0.1) is 11.8 Å². The van der Waals surface area contributed by atoms with Crippen LogP contribution in [-0.4, -0.2) is 47.5 Å². The van der Waals surface area contributed by atoms with Gasteiger partial charge in [0, 0.05) is 0 Å². The van der Waals surface area contributed by atoms with Gasteiger partial charge in [0.05, 0.1) is 0 Å². The quantitative estimate of drug-likeness (QED) is 0.458. The van der Waals surface area contributed by atoms with Gasteiger partial charge in [0.15, 0.2) is 0 Å². The van der Waals surface area contributed by atoms with E-state index in [1.165, 1.54) is 6.92 Å². The van der Waals surface area contributed by atoms with Gasteiger partial charge in [0.1, 0.15) is 23.7 Å². The number of primary amides is 1. The van der Waals surface area contributed by atoms with Crippen LogP contribution >= 0.6 is 0 Å². The number of nitrogens with two attached hydrogens (primary N) is 1. The van der Waals surface area contributed by atoms with Gasteiger partial charge in [0.2, 0.25) is 17.7 Å². The summed E-state index contributed by atoms with van der Waals surface area (Å²) in [5, 5.41) is 7.71. The summed E-state index contributed by atoms with van der Waals surface area (Å²) < 4.78 is 5.22. The third-order valence-corrected chi connectivity index (χ3v) is 3.75. The molecule has 0 saturated heterocycles. The molecule has 9 heteroatoms. The summed E-state index contributed by atoms with van der Waals surface area (Å²) in [6, 6.07) is -2.61. The number of alkyl carbamates (subject to hydrolysis) is 1. The molecule has 0 fully saturated rings. The SMILES string of the molecule is CC(C)C[C@H](NC(=O)OC(C)(C)C)C(=O)N[C@@H](C(=O)N[C@H](C)C(N)=O)C(C)C. The van der Waals surface area contributed by atoms with Gasteiger partial charge in [-0.2, -0.15) is 0 Å². The number of amides is 4. The minimum atomic E-state index is -0.885. The fourth-order valence-corrected chi connectivity index (χ4v) is 2.32. The van der Waals surface area contributed by atoms with Crippen molar-refractivity contribution in [3.05, 3.63) is 0 Å². The molecule has 0 radical (unpaired) electrons. The summed E-state index contributed by atoms with van der Waals surface area (Å²) in [5.41, 5.74) is 4.47. The Balaban J connectivity index is 5.24. The molecule has 0 spiro atoms. The molecule has 5 N–H and O–H groups in total. The molecule has 0 aliphatic heterocycles. The van der Waals surface area contributed by atoms with Crippen LogP contribution in [0.4, 0.5) is 4.79 Å². The summed E-state index contributed by atoms with van der Waals surface area (Å²) in [6.07, 6.45) is -0.337. The van der Waals surface area contributed by atoms with Gasteiger partial charge in [-0.25, -0.2) is 4.79 Å². The van der Waals surface area contributed by atoms with Crippen molar-refractivity contribution in [2.24, 2.45) is 17.6 Å². The third-order valence-electron chi connectivity index (χ3n) is 3.75. The lowest BCUT2D eigenvalue weighted by atomic mass is 10.00. The Morgan fingerprint density at radius 1 is 0.893 bits per heavy atom. The number of carbonyl (C=O) groups is 4. The molecule has 0 bridgehead atoms. The van der Waals surface area contributed by atoms with Gasteiger partial charge in [-0.1, -0.05) is 27.7 Å². The van der Waals surface area contributed by atoms with E-state index in [2.05, 4.69) is 16.0 Å². The Kier molecular flexibility index (Phi) is 9.97. The van der Waals surface area contributed by atoms with Crippen molar-refractivity contribution in [1.29, 1.82) is 0 Å². The van der Waals surface area contributed by atoms with Crippen LogP contribution in [-0.2, 0) is 19.1 Å². The van der Waals surface area contributed by atoms with E-state index in [1.54, 1.807) is 34.6 Å². The van der Waals surface area contributed by atoms with Crippen molar-refractivity contribution in [3.8, 4) is 0 Å². The Labute approximate surface area is 167 Å². The topological polar surface area (TPSA) is 140 Å². The monoisotopic (exact) mass is 400 g/mol. The van der Waals surface area contributed by atoms with Crippen LogP contribution in [0.3, 0.4) is 0 Å². The van der Waals surface area contributed by atoms with Crippen molar-refractivity contribution in [3.63, 3.8) is 0 Å². The minimum Gasteiger partial charge on any atom is -0.444 e. The minimum absolute atomic E-state index is 0.117.